The summed E-state index contributed by atoms with van der Waals surface area (Å²) in [5.41, 5.74) is 2.40. The van der Waals surface area contributed by atoms with Crippen LogP contribution in [0.25, 0.3) is 0 Å². The third kappa shape index (κ3) is 2.78. The maximum absolute atomic E-state index is 11.2. The third-order valence-electron chi connectivity index (χ3n) is 4.81. The summed E-state index contributed by atoms with van der Waals surface area (Å²) >= 11 is 0. The van der Waals surface area contributed by atoms with Gasteiger partial charge < -0.3 is 5.32 Å². The SMILES string of the molecule is Cc1cnc(CN2C[C@@H]3CCCN[C@@H]3C2)c(C)c1[N+](=O)[O-]. The molecule has 0 unspecified atom stereocenters. The zero-order valence-corrected chi connectivity index (χ0v) is 12.6. The van der Waals surface area contributed by atoms with Crippen LogP contribution in [0.3, 0.4) is 0 Å². The molecular formula is C15H22N4O2. The van der Waals surface area contributed by atoms with Crippen LogP contribution in [0.4, 0.5) is 5.69 Å². The Bertz CT molecular complexity index is 547. The van der Waals surface area contributed by atoms with Crippen molar-refractivity contribution in [1.29, 1.82) is 0 Å². The molecule has 2 aliphatic rings. The molecule has 3 rings (SSSR count). The Kier molecular flexibility index (Phi) is 3.91. The van der Waals surface area contributed by atoms with Crippen LogP contribution < -0.4 is 5.32 Å². The summed E-state index contributed by atoms with van der Waals surface area (Å²) in [7, 11) is 0. The van der Waals surface area contributed by atoms with Gasteiger partial charge in [-0.05, 0) is 39.2 Å². The van der Waals surface area contributed by atoms with Gasteiger partial charge in [0.25, 0.3) is 5.69 Å². The van der Waals surface area contributed by atoms with Gasteiger partial charge in [0, 0.05) is 43.0 Å². The van der Waals surface area contributed by atoms with Gasteiger partial charge >= 0.3 is 0 Å². The van der Waals surface area contributed by atoms with Crippen LogP contribution in [-0.4, -0.2) is 40.5 Å². The first-order valence-electron chi connectivity index (χ1n) is 7.61. The highest BCUT2D eigenvalue weighted by molar-refractivity contribution is 5.47. The lowest BCUT2D eigenvalue weighted by atomic mass is 9.94. The molecule has 0 saturated carbocycles. The highest BCUT2D eigenvalue weighted by Gasteiger charge is 2.34. The van der Waals surface area contributed by atoms with Crippen molar-refractivity contribution in [2.75, 3.05) is 19.6 Å². The van der Waals surface area contributed by atoms with Crippen LogP contribution in [0.5, 0.6) is 0 Å². The lowest BCUT2D eigenvalue weighted by molar-refractivity contribution is -0.386. The minimum Gasteiger partial charge on any atom is -0.312 e. The van der Waals surface area contributed by atoms with Crippen LogP contribution in [0.15, 0.2) is 6.20 Å². The fraction of sp³-hybridized carbons (Fsp3) is 0.667. The summed E-state index contributed by atoms with van der Waals surface area (Å²) in [6, 6.07) is 0.583. The van der Waals surface area contributed by atoms with E-state index in [1.54, 1.807) is 13.1 Å². The number of aromatic nitrogens is 1. The molecule has 3 heterocycles. The van der Waals surface area contributed by atoms with Gasteiger partial charge in [-0.1, -0.05) is 0 Å². The molecule has 2 saturated heterocycles. The first-order valence-corrected chi connectivity index (χ1v) is 7.61. The average molecular weight is 290 g/mol. The van der Waals surface area contributed by atoms with E-state index in [1.165, 1.54) is 12.8 Å². The number of nitrogens with zero attached hydrogens (tertiary/aromatic N) is 3. The molecule has 2 atom stereocenters. The van der Waals surface area contributed by atoms with E-state index in [-0.39, 0.29) is 10.6 Å². The van der Waals surface area contributed by atoms with Crippen molar-refractivity contribution < 1.29 is 4.92 Å². The first-order chi connectivity index (χ1) is 10.1. The number of fused-ring (bicyclic) bond motifs is 1. The van der Waals surface area contributed by atoms with Crippen molar-refractivity contribution >= 4 is 5.69 Å². The predicted octanol–water partition coefficient (Wildman–Crippen LogP) is 1.79. The minimum atomic E-state index is -0.291. The molecule has 0 radical (unpaired) electrons. The maximum Gasteiger partial charge on any atom is 0.278 e. The van der Waals surface area contributed by atoms with Crippen molar-refractivity contribution in [3.8, 4) is 0 Å². The zero-order valence-electron chi connectivity index (χ0n) is 12.6. The summed E-state index contributed by atoms with van der Waals surface area (Å²) in [6.45, 7) is 7.48. The number of likely N-dealkylation sites (tertiary alicyclic amines) is 1. The summed E-state index contributed by atoms with van der Waals surface area (Å²) in [6.07, 6.45) is 4.17. The molecule has 0 aliphatic carbocycles. The third-order valence-corrected chi connectivity index (χ3v) is 4.81. The number of hydrogen-bond acceptors (Lipinski definition) is 5. The number of aryl methyl sites for hydroxylation is 1. The number of pyridine rings is 1. The molecule has 0 aromatic carbocycles. The minimum absolute atomic E-state index is 0.217. The number of rotatable bonds is 3. The lowest BCUT2D eigenvalue weighted by Crippen LogP contribution is -2.40. The molecule has 6 nitrogen and oxygen atoms in total. The van der Waals surface area contributed by atoms with Gasteiger partial charge in [-0.25, -0.2) is 0 Å². The Morgan fingerprint density at radius 1 is 1.48 bits per heavy atom. The van der Waals surface area contributed by atoms with E-state index in [0.717, 1.165) is 31.2 Å². The molecule has 0 spiro atoms. The Hall–Kier alpha value is -1.53. The topological polar surface area (TPSA) is 71.3 Å². The van der Waals surface area contributed by atoms with Crippen LogP contribution in [0.2, 0.25) is 0 Å². The number of nitro groups is 1. The average Bonchev–Trinajstić information content (AvgIpc) is 2.84. The lowest BCUT2D eigenvalue weighted by Gasteiger charge is -2.24. The van der Waals surface area contributed by atoms with Gasteiger partial charge in [0.2, 0.25) is 0 Å². The fourth-order valence-electron chi connectivity index (χ4n) is 3.68. The van der Waals surface area contributed by atoms with Crippen LogP contribution in [0, 0.1) is 29.9 Å². The Morgan fingerprint density at radius 2 is 2.29 bits per heavy atom. The Balaban J connectivity index is 1.77. The molecule has 1 aromatic rings. The molecular weight excluding hydrogens is 268 g/mol. The quantitative estimate of drug-likeness (QED) is 0.679. The Morgan fingerprint density at radius 3 is 3.00 bits per heavy atom. The smallest absolute Gasteiger partial charge is 0.278 e. The van der Waals surface area contributed by atoms with Crippen LogP contribution in [-0.2, 0) is 6.54 Å². The standard InChI is InChI=1S/C15H22N4O2/c1-10-6-17-13(11(2)15(10)19(20)21)8-18-7-12-4-3-5-16-14(12)9-18/h6,12,14,16H,3-5,7-9H2,1-2H3/t12-,14+/m0/s1. The molecule has 21 heavy (non-hydrogen) atoms. The first kappa shape index (κ1) is 14.4. The van der Waals surface area contributed by atoms with Crippen molar-refractivity contribution in [2.45, 2.75) is 39.3 Å². The molecule has 114 valence electrons. The van der Waals surface area contributed by atoms with E-state index in [4.69, 9.17) is 0 Å². The second kappa shape index (κ2) is 5.69. The predicted molar refractivity (Wildman–Crippen MR) is 80.2 cm³/mol. The molecule has 2 aliphatic heterocycles. The second-order valence-electron chi connectivity index (χ2n) is 6.28. The van der Waals surface area contributed by atoms with Crippen LogP contribution in [0.1, 0.15) is 29.7 Å². The molecule has 0 bridgehead atoms. The normalized spacial score (nSPS) is 25.8. The van der Waals surface area contributed by atoms with Crippen molar-refractivity contribution in [1.82, 2.24) is 15.2 Å². The molecule has 0 amide bonds. The highest BCUT2D eigenvalue weighted by Crippen LogP contribution is 2.28. The van der Waals surface area contributed by atoms with Crippen LogP contribution >= 0.6 is 0 Å². The summed E-state index contributed by atoms with van der Waals surface area (Å²) in [5, 5.41) is 14.8. The fourth-order valence-corrected chi connectivity index (χ4v) is 3.68. The summed E-state index contributed by atoms with van der Waals surface area (Å²) in [5.74, 6) is 0.722. The zero-order chi connectivity index (χ0) is 15.0. The van der Waals surface area contributed by atoms with E-state index in [2.05, 4.69) is 15.2 Å². The summed E-state index contributed by atoms with van der Waals surface area (Å²) in [4.78, 5) is 17.7. The van der Waals surface area contributed by atoms with Gasteiger partial charge in [0.1, 0.15) is 0 Å². The van der Waals surface area contributed by atoms with Crippen molar-refractivity contribution in [2.24, 2.45) is 5.92 Å². The highest BCUT2D eigenvalue weighted by atomic mass is 16.6. The summed E-state index contributed by atoms with van der Waals surface area (Å²) < 4.78 is 0. The van der Waals surface area contributed by atoms with E-state index in [1.807, 2.05) is 6.92 Å². The second-order valence-corrected chi connectivity index (χ2v) is 6.28. The Labute approximate surface area is 124 Å². The number of nitrogens with one attached hydrogen (secondary N) is 1. The number of hydrogen-bond donors (Lipinski definition) is 1. The van der Waals surface area contributed by atoms with Gasteiger partial charge in [-0.3, -0.25) is 20.0 Å². The molecule has 2 fully saturated rings. The monoisotopic (exact) mass is 290 g/mol. The van der Waals surface area contributed by atoms with E-state index >= 15 is 0 Å². The van der Waals surface area contributed by atoms with Gasteiger partial charge in [0.15, 0.2) is 0 Å². The van der Waals surface area contributed by atoms with Crippen molar-refractivity contribution in [3.05, 3.63) is 33.1 Å². The van der Waals surface area contributed by atoms with E-state index in [9.17, 15) is 10.1 Å². The van der Waals surface area contributed by atoms with E-state index in [0.29, 0.717) is 23.7 Å². The maximum atomic E-state index is 11.2. The number of piperidine rings is 1. The van der Waals surface area contributed by atoms with Gasteiger partial charge in [-0.2, -0.15) is 0 Å². The molecule has 6 heteroatoms. The largest absolute Gasteiger partial charge is 0.312 e. The van der Waals surface area contributed by atoms with Gasteiger partial charge in [-0.15, -0.1) is 0 Å². The van der Waals surface area contributed by atoms with E-state index < -0.39 is 0 Å². The van der Waals surface area contributed by atoms with Gasteiger partial charge in [0.05, 0.1) is 10.6 Å². The molecule has 1 N–H and O–H groups in total. The molecule has 1 aromatic heterocycles. The van der Waals surface area contributed by atoms with Crippen molar-refractivity contribution in [3.63, 3.8) is 0 Å².